The van der Waals surface area contributed by atoms with Crippen LogP contribution in [0, 0.1) is 0 Å². The third-order valence-electron chi connectivity index (χ3n) is 10.7. The van der Waals surface area contributed by atoms with Gasteiger partial charge in [0, 0.05) is 49.2 Å². The number of furan rings is 1. The highest BCUT2D eigenvalue weighted by molar-refractivity contribution is 6.28. The Morgan fingerprint density at radius 1 is 0.281 bits per heavy atom. The Morgan fingerprint density at radius 3 is 1.54 bits per heavy atom. The minimum atomic E-state index is 0.611. The van der Waals surface area contributed by atoms with E-state index in [1.807, 2.05) is 54.6 Å². The van der Waals surface area contributed by atoms with Crippen molar-refractivity contribution in [2.24, 2.45) is 0 Å². The number of para-hydroxylation sites is 1. The molecule has 0 N–H and O–H groups in total. The minimum Gasteiger partial charge on any atom is -0.456 e. The minimum absolute atomic E-state index is 0.611. The fourth-order valence-corrected chi connectivity index (χ4v) is 7.93. The van der Waals surface area contributed by atoms with Crippen molar-refractivity contribution in [1.29, 1.82) is 0 Å². The monoisotopic (exact) mass is 728 g/mol. The Morgan fingerprint density at radius 2 is 0.807 bits per heavy atom. The number of rotatable bonds is 6. The lowest BCUT2D eigenvalue weighted by Crippen LogP contribution is -2.00. The van der Waals surface area contributed by atoms with E-state index >= 15 is 0 Å². The molecule has 0 amide bonds. The second-order valence-electron chi connectivity index (χ2n) is 14.2. The molecule has 5 heteroatoms. The molecule has 57 heavy (non-hydrogen) atoms. The van der Waals surface area contributed by atoms with Gasteiger partial charge in [-0.2, -0.15) is 0 Å². The average molecular weight is 729 g/mol. The first-order chi connectivity index (χ1) is 28.2. The first-order valence-electron chi connectivity index (χ1n) is 19.0. The number of hydrogen-bond acceptors (Lipinski definition) is 5. The Bertz CT molecular complexity index is 3270. The quantitative estimate of drug-likeness (QED) is 0.160. The van der Waals surface area contributed by atoms with Crippen molar-refractivity contribution in [2.45, 2.75) is 0 Å². The van der Waals surface area contributed by atoms with E-state index in [2.05, 4.69) is 140 Å². The van der Waals surface area contributed by atoms with Gasteiger partial charge in [-0.15, -0.1) is 0 Å². The molecular formula is C52H32N4O. The van der Waals surface area contributed by atoms with Crippen LogP contribution in [0.2, 0.25) is 0 Å². The smallest absolute Gasteiger partial charge is 0.164 e. The van der Waals surface area contributed by atoms with Crippen LogP contribution < -0.4 is 0 Å². The summed E-state index contributed by atoms with van der Waals surface area (Å²) in [5, 5.41) is 5.47. The predicted octanol–water partition coefficient (Wildman–Crippen LogP) is 13.5. The van der Waals surface area contributed by atoms with E-state index in [0.29, 0.717) is 17.5 Å². The van der Waals surface area contributed by atoms with Gasteiger partial charge in [-0.1, -0.05) is 158 Å². The highest BCUT2D eigenvalue weighted by atomic mass is 16.3. The molecule has 0 aliphatic carbocycles. The van der Waals surface area contributed by atoms with E-state index in [0.717, 1.165) is 88.3 Å². The Balaban J connectivity index is 1.07. The lowest BCUT2D eigenvalue weighted by molar-refractivity contribution is 0.669. The molecule has 11 aromatic rings. The second kappa shape index (κ2) is 13.5. The Labute approximate surface area is 328 Å². The standard InChI is InChI=1S/C52H32N4O/c1-4-13-33(14-5-1)34-23-25-37(26-24-34)51-54-50(36-17-8-3-9-18-36)55-52(56-51)40-20-12-19-38(31-40)39-27-29-44-43(32-39)47-42(49(53-44)35-15-6-2-7-16-35)28-30-46-48(47)41-21-10-11-22-45(41)57-46/h1-32H. The summed E-state index contributed by atoms with van der Waals surface area (Å²) in [6, 6.07) is 66.8. The van der Waals surface area contributed by atoms with Gasteiger partial charge in [0.25, 0.3) is 0 Å². The van der Waals surface area contributed by atoms with Gasteiger partial charge in [-0.3, -0.25) is 0 Å². The first kappa shape index (κ1) is 32.7. The summed E-state index contributed by atoms with van der Waals surface area (Å²) in [5.41, 5.74) is 11.9. The molecule has 0 aliphatic heterocycles. The molecule has 0 atom stereocenters. The molecule has 0 fully saturated rings. The Kier molecular flexibility index (Phi) is 7.74. The highest BCUT2D eigenvalue weighted by Gasteiger charge is 2.19. The maximum Gasteiger partial charge on any atom is 0.164 e. The summed E-state index contributed by atoms with van der Waals surface area (Å²) in [6.45, 7) is 0. The number of pyridine rings is 1. The van der Waals surface area contributed by atoms with Crippen molar-refractivity contribution >= 4 is 43.6 Å². The first-order valence-corrected chi connectivity index (χ1v) is 19.0. The van der Waals surface area contributed by atoms with Crippen LogP contribution in [-0.4, -0.2) is 19.9 Å². The molecule has 0 saturated carbocycles. The number of benzene rings is 8. The number of aromatic nitrogens is 4. The van der Waals surface area contributed by atoms with Crippen molar-refractivity contribution in [3.8, 4) is 67.7 Å². The normalized spacial score (nSPS) is 11.5. The van der Waals surface area contributed by atoms with Crippen molar-refractivity contribution in [2.75, 3.05) is 0 Å². The summed E-state index contributed by atoms with van der Waals surface area (Å²) >= 11 is 0. The van der Waals surface area contributed by atoms with Gasteiger partial charge in [-0.05, 0) is 58.7 Å². The lowest BCUT2D eigenvalue weighted by atomic mass is 9.94. The number of nitrogens with zero attached hydrogens (tertiary/aromatic N) is 4. The van der Waals surface area contributed by atoms with Crippen LogP contribution in [0.15, 0.2) is 199 Å². The van der Waals surface area contributed by atoms with Crippen LogP contribution in [0.4, 0.5) is 0 Å². The lowest BCUT2D eigenvalue weighted by Gasteiger charge is -2.13. The highest BCUT2D eigenvalue weighted by Crippen LogP contribution is 2.42. The molecule has 5 nitrogen and oxygen atoms in total. The van der Waals surface area contributed by atoms with Crippen molar-refractivity contribution < 1.29 is 4.42 Å². The average Bonchev–Trinajstić information content (AvgIpc) is 3.68. The Hall–Kier alpha value is -7.76. The van der Waals surface area contributed by atoms with E-state index in [1.165, 1.54) is 5.56 Å². The maximum atomic E-state index is 6.40. The molecule has 3 aromatic heterocycles. The van der Waals surface area contributed by atoms with Gasteiger partial charge in [0.1, 0.15) is 11.2 Å². The number of fused-ring (bicyclic) bond motifs is 7. The summed E-state index contributed by atoms with van der Waals surface area (Å²) in [6.07, 6.45) is 0. The molecule has 3 heterocycles. The van der Waals surface area contributed by atoms with Crippen LogP contribution in [0.5, 0.6) is 0 Å². The summed E-state index contributed by atoms with van der Waals surface area (Å²) in [4.78, 5) is 20.4. The van der Waals surface area contributed by atoms with Gasteiger partial charge in [0.15, 0.2) is 17.5 Å². The van der Waals surface area contributed by atoms with Gasteiger partial charge in [-0.25, -0.2) is 19.9 Å². The fraction of sp³-hybridized carbons (Fsp3) is 0. The molecule has 11 rings (SSSR count). The maximum absolute atomic E-state index is 6.40. The summed E-state index contributed by atoms with van der Waals surface area (Å²) in [7, 11) is 0. The zero-order valence-corrected chi connectivity index (χ0v) is 30.7. The van der Waals surface area contributed by atoms with Gasteiger partial charge >= 0.3 is 0 Å². The molecule has 0 unspecified atom stereocenters. The summed E-state index contributed by atoms with van der Waals surface area (Å²) in [5.74, 6) is 1.86. The van der Waals surface area contributed by atoms with Crippen molar-refractivity contribution in [1.82, 2.24) is 19.9 Å². The molecule has 0 bridgehead atoms. The SMILES string of the molecule is c1ccc(-c2ccc(-c3nc(-c4ccccc4)nc(-c4cccc(-c5ccc6nc(-c7ccccc7)c7ccc8oc9ccccc9c8c7c6c5)c4)n3)cc2)cc1. The predicted molar refractivity (Wildman–Crippen MR) is 233 cm³/mol. The molecule has 0 radical (unpaired) electrons. The van der Waals surface area contributed by atoms with Gasteiger partial charge in [0.2, 0.25) is 0 Å². The van der Waals surface area contributed by atoms with Crippen LogP contribution in [0.1, 0.15) is 0 Å². The topological polar surface area (TPSA) is 64.7 Å². The molecule has 0 saturated heterocycles. The van der Waals surface area contributed by atoms with Crippen LogP contribution in [0.3, 0.4) is 0 Å². The van der Waals surface area contributed by atoms with E-state index in [9.17, 15) is 0 Å². The summed E-state index contributed by atoms with van der Waals surface area (Å²) < 4.78 is 6.40. The van der Waals surface area contributed by atoms with Crippen molar-refractivity contribution in [3.63, 3.8) is 0 Å². The van der Waals surface area contributed by atoms with Crippen molar-refractivity contribution in [3.05, 3.63) is 194 Å². The third kappa shape index (κ3) is 5.81. The van der Waals surface area contributed by atoms with E-state index < -0.39 is 0 Å². The molecule has 266 valence electrons. The zero-order valence-electron chi connectivity index (χ0n) is 30.7. The fourth-order valence-electron chi connectivity index (χ4n) is 7.93. The molecule has 0 spiro atoms. The van der Waals surface area contributed by atoms with Gasteiger partial charge in [0.05, 0.1) is 11.2 Å². The molecule has 0 aliphatic rings. The largest absolute Gasteiger partial charge is 0.456 e. The molecular weight excluding hydrogens is 697 g/mol. The molecule has 8 aromatic carbocycles. The van der Waals surface area contributed by atoms with Crippen LogP contribution in [-0.2, 0) is 0 Å². The van der Waals surface area contributed by atoms with E-state index in [4.69, 9.17) is 24.4 Å². The second-order valence-corrected chi connectivity index (χ2v) is 14.2. The van der Waals surface area contributed by atoms with Crippen LogP contribution >= 0.6 is 0 Å². The van der Waals surface area contributed by atoms with Crippen LogP contribution in [0.25, 0.3) is 111 Å². The van der Waals surface area contributed by atoms with E-state index in [1.54, 1.807) is 0 Å². The number of hydrogen-bond donors (Lipinski definition) is 0. The van der Waals surface area contributed by atoms with Gasteiger partial charge < -0.3 is 4.42 Å². The third-order valence-corrected chi connectivity index (χ3v) is 10.7. The zero-order chi connectivity index (χ0) is 37.7. The van der Waals surface area contributed by atoms with E-state index in [-0.39, 0.29) is 0 Å².